The Morgan fingerprint density at radius 3 is 3.06 bits per heavy atom. The molecule has 0 radical (unpaired) electrons. The molecular weight excluding hydrogens is 262 g/mol. The molecule has 2 heteroatoms. The molecule has 1 aliphatic rings. The third-order valence-corrected chi connectivity index (χ3v) is 4.04. The second-order valence-corrected chi connectivity index (χ2v) is 5.62. The van der Waals surface area contributed by atoms with Crippen molar-refractivity contribution >= 4 is 15.9 Å². The van der Waals surface area contributed by atoms with Crippen LogP contribution in [0.5, 0.6) is 0 Å². The lowest BCUT2D eigenvalue weighted by Crippen LogP contribution is -2.35. The molecule has 1 aromatic carbocycles. The van der Waals surface area contributed by atoms with Gasteiger partial charge in [-0.1, -0.05) is 41.4 Å². The molecular formula is C14H20BrN. The lowest BCUT2D eigenvalue weighted by molar-refractivity contribution is 0.306. The Morgan fingerprint density at radius 1 is 1.44 bits per heavy atom. The molecule has 16 heavy (non-hydrogen) atoms. The van der Waals surface area contributed by atoms with Gasteiger partial charge < -0.3 is 5.32 Å². The van der Waals surface area contributed by atoms with Crippen LogP contribution in [0.15, 0.2) is 28.7 Å². The maximum atomic E-state index is 3.57. The van der Waals surface area contributed by atoms with Gasteiger partial charge in [0, 0.05) is 4.47 Å². The molecule has 0 saturated carbocycles. The van der Waals surface area contributed by atoms with Crippen molar-refractivity contribution in [3.63, 3.8) is 0 Å². The minimum atomic E-state index is 0.749. The summed E-state index contributed by atoms with van der Waals surface area (Å²) >= 11 is 3.57. The van der Waals surface area contributed by atoms with Crippen LogP contribution < -0.4 is 5.32 Å². The average Bonchev–Trinajstić information content (AvgIpc) is 2.30. The van der Waals surface area contributed by atoms with E-state index in [1.165, 1.54) is 35.8 Å². The summed E-state index contributed by atoms with van der Waals surface area (Å²) in [5, 5.41) is 3.52. The van der Waals surface area contributed by atoms with Crippen molar-refractivity contribution in [3.8, 4) is 0 Å². The number of halogens is 1. The van der Waals surface area contributed by atoms with Crippen LogP contribution in [0.3, 0.4) is 0 Å². The Hall–Kier alpha value is -0.340. The van der Waals surface area contributed by atoms with Crippen molar-refractivity contribution < 1.29 is 0 Å². The van der Waals surface area contributed by atoms with Gasteiger partial charge in [-0.25, -0.2) is 0 Å². The predicted octanol–water partition coefficient (Wildman–Crippen LogP) is 3.94. The van der Waals surface area contributed by atoms with Gasteiger partial charge in [0.2, 0.25) is 0 Å². The fourth-order valence-corrected chi connectivity index (χ4v) is 3.19. The molecule has 2 unspecified atom stereocenters. The highest BCUT2D eigenvalue weighted by atomic mass is 79.9. The largest absolute Gasteiger partial charge is 0.316 e. The number of benzene rings is 1. The number of hydrogen-bond acceptors (Lipinski definition) is 1. The Labute approximate surface area is 107 Å². The predicted molar refractivity (Wildman–Crippen MR) is 72.8 cm³/mol. The van der Waals surface area contributed by atoms with E-state index in [9.17, 15) is 0 Å². The van der Waals surface area contributed by atoms with Crippen LogP contribution in [-0.4, -0.2) is 13.1 Å². The normalized spacial score (nSPS) is 25.6. The van der Waals surface area contributed by atoms with E-state index in [2.05, 4.69) is 52.4 Å². The SMILES string of the molecule is CCCC1CNCCC1c1cccc(Br)c1. The molecule has 0 aliphatic carbocycles. The molecule has 1 nitrogen and oxygen atoms in total. The molecule has 0 aromatic heterocycles. The van der Waals surface area contributed by atoms with Gasteiger partial charge in [-0.05, 0) is 55.5 Å². The van der Waals surface area contributed by atoms with E-state index >= 15 is 0 Å². The number of nitrogens with one attached hydrogen (secondary N) is 1. The van der Waals surface area contributed by atoms with Crippen molar-refractivity contribution in [2.75, 3.05) is 13.1 Å². The second-order valence-electron chi connectivity index (χ2n) is 4.70. The molecule has 0 spiro atoms. The molecule has 1 fully saturated rings. The molecule has 1 heterocycles. The first-order valence-corrected chi connectivity index (χ1v) is 7.06. The molecule has 0 bridgehead atoms. The standard InChI is InChI=1S/C14H20BrN/c1-2-4-12-10-16-8-7-14(12)11-5-3-6-13(15)9-11/h3,5-6,9,12,14,16H,2,4,7-8,10H2,1H3. The van der Waals surface area contributed by atoms with E-state index in [4.69, 9.17) is 0 Å². The number of hydrogen-bond donors (Lipinski definition) is 1. The molecule has 88 valence electrons. The summed E-state index contributed by atoms with van der Waals surface area (Å²) in [7, 11) is 0. The molecule has 2 atom stereocenters. The minimum absolute atomic E-state index is 0.749. The Balaban J connectivity index is 2.16. The summed E-state index contributed by atoms with van der Waals surface area (Å²) in [5.41, 5.74) is 1.51. The van der Waals surface area contributed by atoms with E-state index in [-0.39, 0.29) is 0 Å². The van der Waals surface area contributed by atoms with E-state index in [0.717, 1.165) is 18.4 Å². The smallest absolute Gasteiger partial charge is 0.0178 e. The molecule has 1 saturated heterocycles. The first-order valence-electron chi connectivity index (χ1n) is 6.27. The maximum Gasteiger partial charge on any atom is 0.0178 e. The number of piperidine rings is 1. The Bertz CT molecular complexity index is 335. The Morgan fingerprint density at radius 2 is 2.31 bits per heavy atom. The van der Waals surface area contributed by atoms with Crippen molar-refractivity contribution in [2.24, 2.45) is 5.92 Å². The van der Waals surface area contributed by atoms with Crippen LogP contribution in [-0.2, 0) is 0 Å². The molecule has 2 rings (SSSR count). The van der Waals surface area contributed by atoms with E-state index in [0.29, 0.717) is 0 Å². The van der Waals surface area contributed by atoms with Crippen LogP contribution in [0, 0.1) is 5.92 Å². The van der Waals surface area contributed by atoms with Crippen LogP contribution in [0.1, 0.15) is 37.7 Å². The fourth-order valence-electron chi connectivity index (χ4n) is 2.77. The van der Waals surface area contributed by atoms with Crippen LogP contribution in [0.25, 0.3) is 0 Å². The van der Waals surface area contributed by atoms with Gasteiger partial charge in [-0.2, -0.15) is 0 Å². The lowest BCUT2D eigenvalue weighted by Gasteiger charge is -2.32. The van der Waals surface area contributed by atoms with Gasteiger partial charge in [-0.3, -0.25) is 0 Å². The summed E-state index contributed by atoms with van der Waals surface area (Å²) < 4.78 is 1.21. The monoisotopic (exact) mass is 281 g/mol. The van der Waals surface area contributed by atoms with Gasteiger partial charge in [0.25, 0.3) is 0 Å². The van der Waals surface area contributed by atoms with Crippen LogP contribution >= 0.6 is 15.9 Å². The molecule has 1 N–H and O–H groups in total. The highest BCUT2D eigenvalue weighted by Gasteiger charge is 2.25. The Kier molecular flexibility index (Phi) is 4.42. The molecule has 0 amide bonds. The zero-order valence-corrected chi connectivity index (χ0v) is 11.5. The van der Waals surface area contributed by atoms with Gasteiger partial charge >= 0.3 is 0 Å². The van der Waals surface area contributed by atoms with E-state index < -0.39 is 0 Å². The summed E-state index contributed by atoms with van der Waals surface area (Å²) in [6, 6.07) is 8.84. The summed E-state index contributed by atoms with van der Waals surface area (Å²) in [4.78, 5) is 0. The van der Waals surface area contributed by atoms with Crippen molar-refractivity contribution in [3.05, 3.63) is 34.3 Å². The van der Waals surface area contributed by atoms with Gasteiger partial charge in [-0.15, -0.1) is 0 Å². The van der Waals surface area contributed by atoms with Crippen molar-refractivity contribution in [1.29, 1.82) is 0 Å². The summed E-state index contributed by atoms with van der Waals surface area (Å²) in [5.74, 6) is 1.56. The fraction of sp³-hybridized carbons (Fsp3) is 0.571. The quantitative estimate of drug-likeness (QED) is 0.885. The lowest BCUT2D eigenvalue weighted by atomic mass is 9.79. The van der Waals surface area contributed by atoms with E-state index in [1.54, 1.807) is 0 Å². The highest BCUT2D eigenvalue weighted by molar-refractivity contribution is 9.10. The zero-order valence-electron chi connectivity index (χ0n) is 9.88. The average molecular weight is 282 g/mol. The van der Waals surface area contributed by atoms with Gasteiger partial charge in [0.05, 0.1) is 0 Å². The topological polar surface area (TPSA) is 12.0 Å². The summed E-state index contributed by atoms with van der Waals surface area (Å²) in [6.45, 7) is 4.63. The molecule has 1 aromatic rings. The first kappa shape index (κ1) is 12.1. The van der Waals surface area contributed by atoms with Crippen LogP contribution in [0.2, 0.25) is 0 Å². The van der Waals surface area contributed by atoms with Gasteiger partial charge in [0.15, 0.2) is 0 Å². The number of rotatable bonds is 3. The second kappa shape index (κ2) is 5.83. The molecule has 1 aliphatic heterocycles. The van der Waals surface area contributed by atoms with Gasteiger partial charge in [0.1, 0.15) is 0 Å². The third kappa shape index (κ3) is 2.86. The van der Waals surface area contributed by atoms with Crippen LogP contribution in [0.4, 0.5) is 0 Å². The summed E-state index contributed by atoms with van der Waals surface area (Å²) in [6.07, 6.45) is 3.90. The first-order chi connectivity index (χ1) is 7.81. The minimum Gasteiger partial charge on any atom is -0.316 e. The third-order valence-electron chi connectivity index (χ3n) is 3.54. The van der Waals surface area contributed by atoms with E-state index in [1.807, 2.05) is 0 Å². The zero-order chi connectivity index (χ0) is 11.4. The van der Waals surface area contributed by atoms with Crippen molar-refractivity contribution in [1.82, 2.24) is 5.32 Å². The highest BCUT2D eigenvalue weighted by Crippen LogP contribution is 2.34. The van der Waals surface area contributed by atoms with Crippen molar-refractivity contribution in [2.45, 2.75) is 32.1 Å². The maximum absolute atomic E-state index is 3.57.